The van der Waals surface area contributed by atoms with Crippen LogP contribution in [0.15, 0.2) is 200 Å². The second-order valence-electron chi connectivity index (χ2n) is 14.9. The van der Waals surface area contributed by atoms with E-state index in [0.717, 1.165) is 28.3 Å². The molecule has 0 saturated heterocycles. The van der Waals surface area contributed by atoms with E-state index in [1.54, 1.807) is 0 Å². The first-order valence-corrected chi connectivity index (χ1v) is 24.4. The van der Waals surface area contributed by atoms with Gasteiger partial charge in [-0.2, -0.15) is 0 Å². The van der Waals surface area contributed by atoms with Gasteiger partial charge in [-0.1, -0.05) is 18.2 Å². The van der Waals surface area contributed by atoms with Crippen LogP contribution < -0.4 is 17.7 Å². The molecule has 8 aromatic carbocycles. The van der Waals surface area contributed by atoms with Gasteiger partial charge in [-0.25, -0.2) is 0 Å². The molecule has 0 radical (unpaired) electrons. The van der Waals surface area contributed by atoms with Crippen LogP contribution in [0.2, 0.25) is 0 Å². The summed E-state index contributed by atoms with van der Waals surface area (Å²) in [6.45, 7) is 0. The molecule has 3 nitrogen and oxygen atoms in total. The van der Waals surface area contributed by atoms with E-state index < -0.39 is 13.3 Å². The predicted molar refractivity (Wildman–Crippen MR) is 243 cm³/mol. The molecule has 3 aromatic heterocycles. The first kappa shape index (κ1) is 32.6. The van der Waals surface area contributed by atoms with Crippen molar-refractivity contribution in [3.8, 4) is 39.5 Å². The minimum atomic E-state index is -3.67. The SMILES string of the molecule is c1ccc(-c2nc(-c3cccc(-n4c5ccccc5c5cc6c(cc54)sc4ccccc46)c3)n[c]3c2-c2cccc[c]2[Ge]3([c]2ccccc2)[c]2ccccc2)cc1. The quantitative estimate of drug-likeness (QED) is 0.162. The number of aromatic nitrogens is 3. The average molecular weight is 805 g/mol. The Morgan fingerprint density at radius 3 is 1.88 bits per heavy atom. The summed E-state index contributed by atoms with van der Waals surface area (Å²) >= 11 is -1.81. The normalized spacial score (nSPS) is 13.1. The molecule has 266 valence electrons. The third-order valence-electron chi connectivity index (χ3n) is 11.9. The van der Waals surface area contributed by atoms with Crippen molar-refractivity contribution in [3.63, 3.8) is 0 Å². The molecule has 0 fully saturated rings. The van der Waals surface area contributed by atoms with Crippen LogP contribution in [0.5, 0.6) is 0 Å². The molecule has 11 aromatic rings. The Hall–Kier alpha value is -6.60. The molecule has 57 heavy (non-hydrogen) atoms. The number of para-hydroxylation sites is 1. The van der Waals surface area contributed by atoms with Gasteiger partial charge >= 0.3 is 314 Å². The Morgan fingerprint density at radius 2 is 1.09 bits per heavy atom. The van der Waals surface area contributed by atoms with Crippen molar-refractivity contribution >= 4 is 84.3 Å². The van der Waals surface area contributed by atoms with Crippen molar-refractivity contribution in [1.29, 1.82) is 0 Å². The molecule has 12 rings (SSSR count). The van der Waals surface area contributed by atoms with Gasteiger partial charge in [-0.05, 0) is 6.07 Å². The average Bonchev–Trinajstić information content (AvgIpc) is 3.92. The minimum absolute atomic E-state index is 0.747. The summed E-state index contributed by atoms with van der Waals surface area (Å²) in [6, 6.07) is 73.2. The fourth-order valence-corrected chi connectivity index (χ4v) is 21.1. The van der Waals surface area contributed by atoms with Gasteiger partial charge < -0.3 is 0 Å². The number of hydrogen-bond donors (Lipinski definition) is 0. The molecule has 1 aliphatic heterocycles. The second kappa shape index (κ2) is 12.7. The number of hydrogen-bond acceptors (Lipinski definition) is 3. The molecule has 0 saturated carbocycles. The van der Waals surface area contributed by atoms with Gasteiger partial charge in [-0.3, -0.25) is 0 Å². The molecule has 1 aliphatic rings. The fraction of sp³-hybridized carbons (Fsp3) is 0. The van der Waals surface area contributed by atoms with Crippen molar-refractivity contribution < 1.29 is 0 Å². The third kappa shape index (κ3) is 4.78. The molecular weight excluding hydrogens is 771 g/mol. The Bertz CT molecular complexity index is 3310. The van der Waals surface area contributed by atoms with E-state index in [1.165, 1.54) is 70.8 Å². The van der Waals surface area contributed by atoms with E-state index in [4.69, 9.17) is 9.97 Å². The van der Waals surface area contributed by atoms with Crippen molar-refractivity contribution in [1.82, 2.24) is 14.5 Å². The van der Waals surface area contributed by atoms with Gasteiger partial charge in [0.15, 0.2) is 0 Å². The van der Waals surface area contributed by atoms with E-state index in [-0.39, 0.29) is 0 Å². The Morgan fingerprint density at radius 1 is 0.439 bits per heavy atom. The molecule has 0 unspecified atom stereocenters. The Labute approximate surface area is 336 Å². The topological polar surface area (TPSA) is 30.7 Å². The van der Waals surface area contributed by atoms with Gasteiger partial charge in [0.2, 0.25) is 0 Å². The Kier molecular flexibility index (Phi) is 7.28. The number of benzene rings is 8. The molecule has 0 N–H and O–H groups in total. The monoisotopic (exact) mass is 805 g/mol. The van der Waals surface area contributed by atoms with Gasteiger partial charge in [0.1, 0.15) is 0 Å². The van der Waals surface area contributed by atoms with Crippen LogP contribution in [0.1, 0.15) is 0 Å². The van der Waals surface area contributed by atoms with Crippen LogP contribution in [0, 0.1) is 0 Å². The van der Waals surface area contributed by atoms with E-state index in [0.29, 0.717) is 0 Å². The first-order chi connectivity index (χ1) is 28.3. The van der Waals surface area contributed by atoms with Gasteiger partial charge in [-0.15, -0.1) is 0 Å². The zero-order valence-electron chi connectivity index (χ0n) is 30.8. The summed E-state index contributed by atoms with van der Waals surface area (Å²) in [6.07, 6.45) is 0. The first-order valence-electron chi connectivity index (χ1n) is 19.4. The van der Waals surface area contributed by atoms with Gasteiger partial charge in [0.25, 0.3) is 0 Å². The van der Waals surface area contributed by atoms with Crippen LogP contribution in [0.4, 0.5) is 0 Å². The summed E-state index contributed by atoms with van der Waals surface area (Å²) in [5.41, 5.74) is 8.96. The van der Waals surface area contributed by atoms with Crippen molar-refractivity contribution in [2.75, 3.05) is 0 Å². The number of fused-ring (bicyclic) bond motifs is 9. The van der Waals surface area contributed by atoms with Crippen molar-refractivity contribution in [2.24, 2.45) is 0 Å². The third-order valence-corrected chi connectivity index (χ3v) is 22.9. The fourth-order valence-electron chi connectivity index (χ4n) is 9.45. The van der Waals surface area contributed by atoms with E-state index >= 15 is 0 Å². The molecule has 0 bridgehead atoms. The number of rotatable bonds is 5. The van der Waals surface area contributed by atoms with Crippen LogP contribution in [0.3, 0.4) is 0 Å². The summed E-state index contributed by atoms with van der Waals surface area (Å²) in [5, 5.41) is 5.13. The van der Waals surface area contributed by atoms with Gasteiger partial charge in [0, 0.05) is 0 Å². The molecule has 0 spiro atoms. The van der Waals surface area contributed by atoms with Crippen molar-refractivity contribution in [3.05, 3.63) is 200 Å². The maximum absolute atomic E-state index is 5.81. The summed E-state index contributed by atoms with van der Waals surface area (Å²) < 4.78 is 10.4. The number of nitrogens with zero attached hydrogens (tertiary/aromatic N) is 3. The van der Waals surface area contributed by atoms with Crippen LogP contribution in [0.25, 0.3) is 81.4 Å². The number of thiophene rings is 1. The van der Waals surface area contributed by atoms with Crippen LogP contribution in [-0.4, -0.2) is 27.8 Å². The Balaban J connectivity index is 1.14. The summed E-state index contributed by atoms with van der Waals surface area (Å²) in [7, 11) is 0. The van der Waals surface area contributed by atoms with Crippen LogP contribution in [-0.2, 0) is 0 Å². The molecule has 5 heteroatoms. The molecule has 0 amide bonds. The van der Waals surface area contributed by atoms with Crippen LogP contribution >= 0.6 is 11.3 Å². The molecule has 4 heterocycles. The van der Waals surface area contributed by atoms with Crippen molar-refractivity contribution in [2.45, 2.75) is 0 Å². The summed E-state index contributed by atoms with van der Waals surface area (Å²) in [5.74, 6) is 0.747. The van der Waals surface area contributed by atoms with Gasteiger partial charge in [0.05, 0.1) is 0 Å². The molecule has 0 atom stereocenters. The standard InChI is InChI=1S/C52H33GeN3S/c1-4-17-34(18-5-1)50-49-41-27-10-13-28-44(41)53(36-20-6-2-7-21-36,37-22-8-3-9-23-37)51(49)55-52(54-50)35-19-16-24-38(31-35)56-45-29-14-11-25-39(45)42-32-43-40-26-12-15-30-47(40)57-48(43)33-46(42)56/h1-33H. The predicted octanol–water partition coefficient (Wildman–Crippen LogP) is 10.6. The van der Waals surface area contributed by atoms with E-state index in [2.05, 4.69) is 205 Å². The molecular formula is C52H33GeN3S. The van der Waals surface area contributed by atoms with E-state index in [9.17, 15) is 0 Å². The maximum atomic E-state index is 5.81. The summed E-state index contributed by atoms with van der Waals surface area (Å²) in [4.78, 5) is 11.4. The zero-order chi connectivity index (χ0) is 37.5. The second-order valence-corrected chi connectivity index (χ2v) is 23.7. The van der Waals surface area contributed by atoms with E-state index in [1.807, 2.05) is 11.3 Å². The molecule has 0 aliphatic carbocycles. The zero-order valence-corrected chi connectivity index (χ0v) is 33.7.